The molecule has 3 aromatic carbocycles. The first-order chi connectivity index (χ1) is 17.7. The lowest BCUT2D eigenvalue weighted by molar-refractivity contribution is 0.0526. The summed E-state index contributed by atoms with van der Waals surface area (Å²) in [6.45, 7) is 10.2. The van der Waals surface area contributed by atoms with Gasteiger partial charge in [-0.1, -0.05) is 38.1 Å². The molecule has 1 aromatic heterocycles. The maximum atomic E-state index is 13.9. The summed E-state index contributed by atoms with van der Waals surface area (Å²) in [5.74, 6) is -0.430. The van der Waals surface area contributed by atoms with Crippen LogP contribution in [0.2, 0.25) is 0 Å². The van der Waals surface area contributed by atoms with Crippen molar-refractivity contribution in [1.82, 2.24) is 0 Å². The molecule has 1 aliphatic rings. The van der Waals surface area contributed by atoms with Crippen LogP contribution in [-0.2, 0) is 4.74 Å². The number of nitrogens with zero attached hydrogens (tertiary/aromatic N) is 1. The SMILES string of the molecule is CCOC(=O)c1ccc(N2C(=O)c3oc4cc(C)c(C)cc4c(=O)c3C2c2ccc(C(C)C)cc2)cc1. The van der Waals surface area contributed by atoms with Gasteiger partial charge >= 0.3 is 5.97 Å². The van der Waals surface area contributed by atoms with Crippen LogP contribution >= 0.6 is 0 Å². The number of aryl methyl sites for hydroxylation is 2. The van der Waals surface area contributed by atoms with Crippen LogP contribution < -0.4 is 10.3 Å². The van der Waals surface area contributed by atoms with Gasteiger partial charge in [-0.05, 0) is 85.3 Å². The summed E-state index contributed by atoms with van der Waals surface area (Å²) < 4.78 is 11.2. The molecular weight excluding hydrogens is 466 g/mol. The van der Waals surface area contributed by atoms with Crippen LogP contribution in [0.3, 0.4) is 0 Å². The smallest absolute Gasteiger partial charge is 0.338 e. The first-order valence-electron chi connectivity index (χ1n) is 12.5. The highest BCUT2D eigenvalue weighted by Gasteiger charge is 2.43. The lowest BCUT2D eigenvalue weighted by Crippen LogP contribution is -2.29. The topological polar surface area (TPSA) is 76.8 Å². The predicted octanol–water partition coefficient (Wildman–Crippen LogP) is 6.46. The molecule has 1 amide bonds. The molecule has 0 fully saturated rings. The maximum absolute atomic E-state index is 13.9. The Morgan fingerprint density at radius 2 is 1.62 bits per heavy atom. The van der Waals surface area contributed by atoms with Crippen molar-refractivity contribution in [1.29, 1.82) is 0 Å². The van der Waals surface area contributed by atoms with E-state index in [1.807, 2.05) is 50.2 Å². The van der Waals surface area contributed by atoms with Gasteiger partial charge in [-0.25, -0.2) is 4.79 Å². The lowest BCUT2D eigenvalue weighted by atomic mass is 9.94. The molecule has 37 heavy (non-hydrogen) atoms. The summed E-state index contributed by atoms with van der Waals surface area (Å²) >= 11 is 0. The minimum Gasteiger partial charge on any atom is -0.462 e. The van der Waals surface area contributed by atoms with Crippen molar-refractivity contribution >= 4 is 28.5 Å². The van der Waals surface area contributed by atoms with Gasteiger partial charge in [-0.15, -0.1) is 0 Å². The second-order valence-corrected chi connectivity index (χ2v) is 9.77. The molecule has 188 valence electrons. The average Bonchev–Trinajstić information content (AvgIpc) is 3.18. The Hall–Kier alpha value is -4.19. The third-order valence-electron chi connectivity index (χ3n) is 7.06. The standard InChI is InChI=1S/C31H29NO5/c1-6-36-31(35)22-11-13-23(14-12-22)32-27(21-9-7-20(8-10-21)17(2)3)26-28(33)24-15-18(4)19(5)16-25(24)37-29(26)30(32)34/h7-17,27H,6H2,1-5H3. The molecule has 1 atom stereocenters. The monoisotopic (exact) mass is 495 g/mol. The van der Waals surface area contributed by atoms with E-state index in [0.29, 0.717) is 33.7 Å². The number of fused-ring (bicyclic) bond motifs is 2. The Kier molecular flexibility index (Phi) is 6.20. The first-order valence-corrected chi connectivity index (χ1v) is 12.5. The zero-order valence-corrected chi connectivity index (χ0v) is 21.6. The number of benzene rings is 3. The molecule has 1 unspecified atom stereocenters. The zero-order valence-electron chi connectivity index (χ0n) is 21.6. The van der Waals surface area contributed by atoms with E-state index in [4.69, 9.17) is 9.15 Å². The summed E-state index contributed by atoms with van der Waals surface area (Å²) in [6, 6.07) is 17.6. The van der Waals surface area contributed by atoms with Crippen molar-refractivity contribution in [2.75, 3.05) is 11.5 Å². The van der Waals surface area contributed by atoms with Crippen molar-refractivity contribution < 1.29 is 18.7 Å². The predicted molar refractivity (Wildman–Crippen MR) is 144 cm³/mol. The fourth-order valence-corrected chi connectivity index (χ4v) is 4.85. The van der Waals surface area contributed by atoms with Crippen molar-refractivity contribution in [3.63, 3.8) is 0 Å². The quantitative estimate of drug-likeness (QED) is 0.297. The summed E-state index contributed by atoms with van der Waals surface area (Å²) in [5, 5.41) is 0.456. The lowest BCUT2D eigenvalue weighted by Gasteiger charge is -2.25. The van der Waals surface area contributed by atoms with Gasteiger partial charge in [0.25, 0.3) is 5.91 Å². The van der Waals surface area contributed by atoms with E-state index in [1.165, 1.54) is 0 Å². The van der Waals surface area contributed by atoms with E-state index >= 15 is 0 Å². The fraction of sp³-hybridized carbons (Fsp3) is 0.258. The molecule has 2 heterocycles. The van der Waals surface area contributed by atoms with Gasteiger partial charge in [-0.3, -0.25) is 14.5 Å². The third kappa shape index (κ3) is 4.12. The van der Waals surface area contributed by atoms with E-state index in [1.54, 1.807) is 36.1 Å². The number of carbonyl (C=O) groups excluding carboxylic acids is 2. The molecule has 0 radical (unpaired) electrons. The molecule has 5 rings (SSSR count). The van der Waals surface area contributed by atoms with Gasteiger partial charge in [-0.2, -0.15) is 0 Å². The van der Waals surface area contributed by atoms with Gasteiger partial charge in [0.2, 0.25) is 5.76 Å². The van der Waals surface area contributed by atoms with Gasteiger partial charge in [0.15, 0.2) is 5.43 Å². The Balaban J connectivity index is 1.71. The highest BCUT2D eigenvalue weighted by molar-refractivity contribution is 6.10. The van der Waals surface area contributed by atoms with Crippen LogP contribution in [0, 0.1) is 13.8 Å². The van der Waals surface area contributed by atoms with E-state index in [0.717, 1.165) is 22.3 Å². The Bertz CT molecular complexity index is 1580. The molecule has 6 heteroatoms. The van der Waals surface area contributed by atoms with Crippen LogP contribution in [0.5, 0.6) is 0 Å². The van der Waals surface area contributed by atoms with Crippen molar-refractivity contribution in [2.45, 2.75) is 46.6 Å². The molecule has 0 saturated carbocycles. The normalized spacial score (nSPS) is 14.9. The molecule has 0 bridgehead atoms. The Labute approximate surface area is 215 Å². The largest absolute Gasteiger partial charge is 0.462 e. The molecule has 0 saturated heterocycles. The molecule has 1 aliphatic heterocycles. The first kappa shape index (κ1) is 24.5. The van der Waals surface area contributed by atoms with Crippen molar-refractivity contribution in [3.8, 4) is 0 Å². The van der Waals surface area contributed by atoms with E-state index in [-0.39, 0.29) is 17.8 Å². The summed E-state index contributed by atoms with van der Waals surface area (Å²) in [7, 11) is 0. The summed E-state index contributed by atoms with van der Waals surface area (Å²) in [5.41, 5.74) is 5.38. The second kappa shape index (κ2) is 9.36. The van der Waals surface area contributed by atoms with Crippen molar-refractivity contribution in [2.24, 2.45) is 0 Å². The minimum absolute atomic E-state index is 0.0492. The summed E-state index contributed by atoms with van der Waals surface area (Å²) in [4.78, 5) is 41.5. The zero-order chi connectivity index (χ0) is 26.4. The molecule has 0 spiro atoms. The van der Waals surface area contributed by atoms with Crippen LogP contribution in [-0.4, -0.2) is 18.5 Å². The number of amides is 1. The number of hydrogen-bond donors (Lipinski definition) is 0. The number of rotatable bonds is 5. The highest BCUT2D eigenvalue weighted by Crippen LogP contribution is 2.41. The maximum Gasteiger partial charge on any atom is 0.338 e. The summed E-state index contributed by atoms with van der Waals surface area (Å²) in [6.07, 6.45) is 0. The van der Waals surface area contributed by atoms with Gasteiger partial charge < -0.3 is 9.15 Å². The third-order valence-corrected chi connectivity index (χ3v) is 7.06. The molecule has 0 N–H and O–H groups in total. The number of ether oxygens (including phenoxy) is 1. The average molecular weight is 496 g/mol. The van der Waals surface area contributed by atoms with Gasteiger partial charge in [0.05, 0.1) is 29.2 Å². The van der Waals surface area contributed by atoms with E-state index < -0.39 is 17.9 Å². The Morgan fingerprint density at radius 3 is 2.24 bits per heavy atom. The van der Waals surface area contributed by atoms with Gasteiger partial charge in [0.1, 0.15) is 5.58 Å². The number of carbonyl (C=O) groups is 2. The Morgan fingerprint density at radius 1 is 0.973 bits per heavy atom. The fourth-order valence-electron chi connectivity index (χ4n) is 4.85. The minimum atomic E-state index is -0.667. The van der Waals surface area contributed by atoms with Crippen LogP contribution in [0.15, 0.2) is 69.9 Å². The van der Waals surface area contributed by atoms with E-state index in [9.17, 15) is 14.4 Å². The molecule has 4 aromatic rings. The van der Waals surface area contributed by atoms with E-state index in [2.05, 4.69) is 13.8 Å². The number of anilines is 1. The highest BCUT2D eigenvalue weighted by atomic mass is 16.5. The van der Waals surface area contributed by atoms with Crippen LogP contribution in [0.25, 0.3) is 11.0 Å². The molecule has 0 aliphatic carbocycles. The number of hydrogen-bond acceptors (Lipinski definition) is 5. The van der Waals surface area contributed by atoms with Crippen molar-refractivity contribution in [3.05, 3.63) is 110 Å². The molecular formula is C31H29NO5. The number of esters is 1. The second-order valence-electron chi connectivity index (χ2n) is 9.77. The van der Waals surface area contributed by atoms with Crippen LogP contribution in [0.1, 0.15) is 81.5 Å². The van der Waals surface area contributed by atoms with Gasteiger partial charge in [0, 0.05) is 5.69 Å². The van der Waals surface area contributed by atoms with Crippen LogP contribution in [0.4, 0.5) is 5.69 Å². The molecule has 6 nitrogen and oxygen atoms in total.